The van der Waals surface area contributed by atoms with E-state index in [2.05, 4.69) is 6.92 Å². The van der Waals surface area contributed by atoms with Gasteiger partial charge in [-0.2, -0.15) is 4.31 Å². The van der Waals surface area contributed by atoms with Crippen molar-refractivity contribution in [2.45, 2.75) is 57.8 Å². The molecule has 0 aliphatic heterocycles. The van der Waals surface area contributed by atoms with Crippen molar-refractivity contribution < 1.29 is 8.42 Å². The molecule has 0 radical (unpaired) electrons. The van der Waals surface area contributed by atoms with Crippen molar-refractivity contribution in [3.05, 3.63) is 29.8 Å². The Morgan fingerprint density at radius 3 is 2.00 bits per heavy atom. The van der Waals surface area contributed by atoms with Gasteiger partial charge in [-0.3, -0.25) is 0 Å². The topological polar surface area (TPSA) is 37.4 Å². The van der Waals surface area contributed by atoms with E-state index in [0.29, 0.717) is 18.0 Å². The first-order valence-electron chi connectivity index (χ1n) is 7.65. The van der Waals surface area contributed by atoms with Crippen LogP contribution in [0.15, 0.2) is 29.2 Å². The second-order valence-electron chi connectivity index (χ2n) is 5.04. The van der Waals surface area contributed by atoms with Crippen molar-refractivity contribution in [3.8, 4) is 0 Å². The lowest BCUT2D eigenvalue weighted by molar-refractivity contribution is 0.445. The highest BCUT2D eigenvalue weighted by Gasteiger charge is 2.20. The van der Waals surface area contributed by atoms with Gasteiger partial charge in [0.15, 0.2) is 0 Å². The number of nitrogens with zero attached hydrogens (tertiary/aromatic N) is 1. The summed E-state index contributed by atoms with van der Waals surface area (Å²) in [5.41, 5.74) is 1.22. The fourth-order valence-corrected chi connectivity index (χ4v) is 3.75. The number of aryl methyl sites for hydroxylation is 1. The maximum absolute atomic E-state index is 12.3. The first-order valence-corrected chi connectivity index (χ1v) is 9.09. The van der Waals surface area contributed by atoms with Crippen molar-refractivity contribution in [1.29, 1.82) is 0 Å². The largest absolute Gasteiger partial charge is 0.243 e. The van der Waals surface area contributed by atoms with Crippen molar-refractivity contribution in [3.63, 3.8) is 0 Å². The third-order valence-corrected chi connectivity index (χ3v) is 5.65. The number of unbranched alkanes of at least 4 members (excludes halogenated alkanes) is 3. The molecule has 0 bridgehead atoms. The Morgan fingerprint density at radius 1 is 0.900 bits per heavy atom. The fraction of sp³-hybridized carbons (Fsp3) is 0.625. The number of benzene rings is 1. The Balaban J connectivity index is 2.71. The molecular weight excluding hydrogens is 270 g/mol. The monoisotopic (exact) mass is 297 g/mol. The molecule has 0 saturated carbocycles. The Labute approximate surface area is 124 Å². The van der Waals surface area contributed by atoms with E-state index in [4.69, 9.17) is 0 Å². The summed E-state index contributed by atoms with van der Waals surface area (Å²) in [6, 6.07) is 7.37. The molecule has 0 spiro atoms. The van der Waals surface area contributed by atoms with Crippen LogP contribution < -0.4 is 0 Å². The molecule has 0 N–H and O–H groups in total. The van der Waals surface area contributed by atoms with Crippen LogP contribution in [0.2, 0.25) is 0 Å². The highest BCUT2D eigenvalue weighted by Crippen LogP contribution is 2.17. The first kappa shape index (κ1) is 17.2. The Bertz CT molecular complexity index is 476. The van der Waals surface area contributed by atoms with Crippen LogP contribution in [0.5, 0.6) is 0 Å². The Morgan fingerprint density at radius 2 is 1.50 bits per heavy atom. The van der Waals surface area contributed by atoms with Gasteiger partial charge in [-0.05, 0) is 30.5 Å². The van der Waals surface area contributed by atoms with Gasteiger partial charge in [0.1, 0.15) is 0 Å². The van der Waals surface area contributed by atoms with Gasteiger partial charge in [-0.25, -0.2) is 8.42 Å². The zero-order valence-corrected chi connectivity index (χ0v) is 13.7. The average molecular weight is 297 g/mol. The molecule has 0 fully saturated rings. The number of sulfonamides is 1. The quantitative estimate of drug-likeness (QED) is 0.649. The molecule has 114 valence electrons. The zero-order valence-electron chi connectivity index (χ0n) is 12.9. The summed E-state index contributed by atoms with van der Waals surface area (Å²) in [4.78, 5) is 0.401. The van der Waals surface area contributed by atoms with Crippen molar-refractivity contribution >= 4 is 10.0 Å². The summed E-state index contributed by atoms with van der Waals surface area (Å²) in [6.45, 7) is 6.95. The van der Waals surface area contributed by atoms with Crippen LogP contribution in [0.1, 0.15) is 52.0 Å². The smallest absolute Gasteiger partial charge is 0.207 e. The van der Waals surface area contributed by atoms with E-state index in [1.807, 2.05) is 26.0 Å². The average Bonchev–Trinajstić information content (AvgIpc) is 2.45. The predicted octanol–water partition coefficient (Wildman–Crippen LogP) is 3.84. The molecule has 20 heavy (non-hydrogen) atoms. The van der Waals surface area contributed by atoms with E-state index in [0.717, 1.165) is 6.42 Å². The van der Waals surface area contributed by atoms with E-state index in [1.165, 1.54) is 35.6 Å². The van der Waals surface area contributed by atoms with Gasteiger partial charge in [0.2, 0.25) is 10.0 Å². The molecule has 1 rings (SSSR count). The minimum atomic E-state index is -3.31. The molecule has 0 saturated heterocycles. The van der Waals surface area contributed by atoms with E-state index in [-0.39, 0.29) is 0 Å². The standard InChI is InChI=1S/C16H27NO2S/c1-4-7-8-9-10-15-11-13-16(14-12-15)20(18,19)17(5-2)6-3/h11-14H,4-10H2,1-3H3. The lowest BCUT2D eigenvalue weighted by Crippen LogP contribution is -2.30. The normalized spacial score (nSPS) is 12.0. The summed E-state index contributed by atoms with van der Waals surface area (Å²) in [5.74, 6) is 0. The van der Waals surface area contributed by atoms with Gasteiger partial charge in [0.25, 0.3) is 0 Å². The van der Waals surface area contributed by atoms with Crippen LogP contribution >= 0.6 is 0 Å². The molecule has 0 atom stereocenters. The van der Waals surface area contributed by atoms with E-state index in [9.17, 15) is 8.42 Å². The van der Waals surface area contributed by atoms with E-state index < -0.39 is 10.0 Å². The summed E-state index contributed by atoms with van der Waals surface area (Å²) in [5, 5.41) is 0. The Kier molecular flexibility index (Phi) is 7.24. The summed E-state index contributed by atoms with van der Waals surface area (Å²) in [7, 11) is -3.31. The van der Waals surface area contributed by atoms with Crippen molar-refractivity contribution in [2.75, 3.05) is 13.1 Å². The highest BCUT2D eigenvalue weighted by atomic mass is 32.2. The minimum absolute atomic E-state index is 0.401. The number of hydrogen-bond donors (Lipinski definition) is 0. The van der Waals surface area contributed by atoms with Gasteiger partial charge in [0, 0.05) is 13.1 Å². The molecular formula is C16H27NO2S. The SMILES string of the molecule is CCCCCCc1ccc(S(=O)(=O)N(CC)CC)cc1. The van der Waals surface area contributed by atoms with Gasteiger partial charge in [-0.15, -0.1) is 0 Å². The van der Waals surface area contributed by atoms with Gasteiger partial charge < -0.3 is 0 Å². The Hall–Kier alpha value is -0.870. The van der Waals surface area contributed by atoms with Crippen molar-refractivity contribution in [1.82, 2.24) is 4.31 Å². The minimum Gasteiger partial charge on any atom is -0.207 e. The molecule has 3 nitrogen and oxygen atoms in total. The maximum atomic E-state index is 12.3. The van der Waals surface area contributed by atoms with Crippen LogP contribution in [-0.2, 0) is 16.4 Å². The van der Waals surface area contributed by atoms with Crippen LogP contribution in [0, 0.1) is 0 Å². The third kappa shape index (κ3) is 4.60. The first-order chi connectivity index (χ1) is 9.56. The predicted molar refractivity (Wildman–Crippen MR) is 84.4 cm³/mol. The fourth-order valence-electron chi connectivity index (χ4n) is 2.30. The van der Waals surface area contributed by atoms with Crippen LogP contribution in [0.25, 0.3) is 0 Å². The lowest BCUT2D eigenvalue weighted by Gasteiger charge is -2.18. The number of rotatable bonds is 9. The van der Waals surface area contributed by atoms with Gasteiger partial charge >= 0.3 is 0 Å². The molecule has 0 aliphatic rings. The van der Waals surface area contributed by atoms with Gasteiger partial charge in [0.05, 0.1) is 4.90 Å². The molecule has 0 aliphatic carbocycles. The van der Waals surface area contributed by atoms with E-state index >= 15 is 0 Å². The van der Waals surface area contributed by atoms with E-state index in [1.54, 1.807) is 12.1 Å². The molecule has 0 aromatic heterocycles. The molecule has 1 aromatic carbocycles. The molecule has 0 heterocycles. The second kappa shape index (κ2) is 8.42. The van der Waals surface area contributed by atoms with Crippen LogP contribution in [-0.4, -0.2) is 25.8 Å². The molecule has 1 aromatic rings. The summed E-state index contributed by atoms with van der Waals surface area (Å²) >= 11 is 0. The van der Waals surface area contributed by atoms with Crippen LogP contribution in [0.4, 0.5) is 0 Å². The second-order valence-corrected chi connectivity index (χ2v) is 6.98. The van der Waals surface area contributed by atoms with Crippen molar-refractivity contribution in [2.24, 2.45) is 0 Å². The molecule has 0 amide bonds. The third-order valence-electron chi connectivity index (χ3n) is 3.59. The lowest BCUT2D eigenvalue weighted by atomic mass is 10.1. The van der Waals surface area contributed by atoms with Gasteiger partial charge in [-0.1, -0.05) is 52.2 Å². The molecule has 0 unspecified atom stereocenters. The highest BCUT2D eigenvalue weighted by molar-refractivity contribution is 7.89. The zero-order chi connectivity index (χ0) is 15.0. The van der Waals surface area contributed by atoms with Crippen LogP contribution in [0.3, 0.4) is 0 Å². The summed E-state index contributed by atoms with van der Waals surface area (Å²) in [6.07, 6.45) is 5.97. The molecule has 4 heteroatoms. The maximum Gasteiger partial charge on any atom is 0.243 e. The summed E-state index contributed by atoms with van der Waals surface area (Å²) < 4.78 is 26.2. The number of hydrogen-bond acceptors (Lipinski definition) is 2.